The van der Waals surface area contributed by atoms with Gasteiger partial charge in [0.25, 0.3) is 0 Å². The Labute approximate surface area is 236 Å². The fourth-order valence-electron chi connectivity index (χ4n) is 7.05. The van der Waals surface area contributed by atoms with Gasteiger partial charge in [0.15, 0.2) is 0 Å². The summed E-state index contributed by atoms with van der Waals surface area (Å²) >= 11 is 0. The second kappa shape index (κ2) is 8.06. The number of hydrogen-bond donors (Lipinski definition) is 0. The Morgan fingerprint density at radius 2 is 1.22 bits per heavy atom. The van der Waals surface area contributed by atoms with Gasteiger partial charge in [0, 0.05) is 32.6 Å². The minimum Gasteiger partial charge on any atom is -0.309 e. The number of allylic oxidation sites excluding steroid dienone is 3. The van der Waals surface area contributed by atoms with E-state index in [0.29, 0.717) is 0 Å². The van der Waals surface area contributed by atoms with Gasteiger partial charge in [0.2, 0.25) is 0 Å². The number of aromatic nitrogens is 3. The third-order valence-electron chi connectivity index (χ3n) is 8.82. The monoisotopic (exact) mass is 523 g/mol. The van der Waals surface area contributed by atoms with E-state index >= 15 is 0 Å². The number of nitrogens with zero attached hydrogens (tertiary/aromatic N) is 3. The number of rotatable bonds is 3. The van der Waals surface area contributed by atoms with Crippen LogP contribution < -0.4 is 0 Å². The summed E-state index contributed by atoms with van der Waals surface area (Å²) in [6.45, 7) is 6.25. The molecule has 0 amide bonds. The minimum atomic E-state index is 0.935. The molecule has 41 heavy (non-hydrogen) atoms. The van der Waals surface area contributed by atoms with Crippen LogP contribution in [0.1, 0.15) is 18.2 Å². The van der Waals surface area contributed by atoms with E-state index in [2.05, 4.69) is 138 Å². The summed E-state index contributed by atoms with van der Waals surface area (Å²) in [5.74, 6) is 0.935. The fourth-order valence-corrected chi connectivity index (χ4v) is 7.05. The molecular weight excluding hydrogens is 498 g/mol. The van der Waals surface area contributed by atoms with Gasteiger partial charge in [-0.25, -0.2) is 4.98 Å². The Morgan fingerprint density at radius 3 is 1.90 bits per heavy atom. The highest BCUT2D eigenvalue weighted by Crippen LogP contribution is 2.43. The van der Waals surface area contributed by atoms with Crippen LogP contribution in [0.5, 0.6) is 0 Å². The van der Waals surface area contributed by atoms with Crippen LogP contribution in [0.15, 0.2) is 128 Å². The van der Waals surface area contributed by atoms with Crippen molar-refractivity contribution in [3.63, 3.8) is 0 Å². The molecule has 1 aliphatic rings. The summed E-state index contributed by atoms with van der Waals surface area (Å²) in [7, 11) is 0. The predicted molar refractivity (Wildman–Crippen MR) is 173 cm³/mol. The van der Waals surface area contributed by atoms with E-state index in [4.69, 9.17) is 4.98 Å². The van der Waals surface area contributed by atoms with Gasteiger partial charge in [-0.15, -0.1) is 0 Å². The van der Waals surface area contributed by atoms with Crippen LogP contribution >= 0.6 is 0 Å². The van der Waals surface area contributed by atoms with Crippen molar-refractivity contribution >= 4 is 65.5 Å². The standard InChI is InChI=1S/C38H25N3/c1-3-26-23(2)38-37-24(11-10-15-30(26)37)21-36(39-38)41-34-18-9-6-14-29(34)31-22-25(19-20-35(31)41)40-32-16-7-4-12-27(32)28-13-5-8-17-33(28)40/h3-22H,1H2,2H3. The van der Waals surface area contributed by atoms with E-state index in [1.807, 2.05) is 6.08 Å². The van der Waals surface area contributed by atoms with E-state index in [0.717, 1.165) is 28.2 Å². The third-order valence-corrected chi connectivity index (χ3v) is 8.82. The summed E-state index contributed by atoms with van der Waals surface area (Å²) in [5, 5.41) is 7.39. The Balaban J connectivity index is 1.35. The van der Waals surface area contributed by atoms with Crippen LogP contribution in [0.2, 0.25) is 0 Å². The van der Waals surface area contributed by atoms with E-state index < -0.39 is 0 Å². The highest BCUT2D eigenvalue weighted by Gasteiger charge is 2.23. The van der Waals surface area contributed by atoms with Crippen LogP contribution in [0.25, 0.3) is 77.0 Å². The molecule has 1 aliphatic carbocycles. The van der Waals surface area contributed by atoms with Crippen LogP contribution in [-0.4, -0.2) is 14.1 Å². The summed E-state index contributed by atoms with van der Waals surface area (Å²) < 4.78 is 4.71. The molecule has 0 spiro atoms. The minimum absolute atomic E-state index is 0.935. The van der Waals surface area contributed by atoms with E-state index in [-0.39, 0.29) is 0 Å². The highest BCUT2D eigenvalue weighted by atomic mass is 15.1. The maximum atomic E-state index is 5.30. The first kappa shape index (κ1) is 22.4. The van der Waals surface area contributed by atoms with Gasteiger partial charge in [-0.05, 0) is 71.5 Å². The summed E-state index contributed by atoms with van der Waals surface area (Å²) in [5.41, 5.74) is 10.5. The van der Waals surface area contributed by atoms with Crippen molar-refractivity contribution in [2.75, 3.05) is 0 Å². The maximum Gasteiger partial charge on any atom is 0.138 e. The van der Waals surface area contributed by atoms with Gasteiger partial charge < -0.3 is 4.57 Å². The zero-order chi connectivity index (χ0) is 27.2. The third kappa shape index (κ3) is 2.90. The molecule has 8 aromatic rings. The average Bonchev–Trinajstić information content (AvgIpc) is 3.63. The molecule has 0 saturated heterocycles. The molecule has 0 aliphatic heterocycles. The zero-order valence-corrected chi connectivity index (χ0v) is 22.6. The Bertz CT molecular complexity index is 2400. The second-order valence-corrected chi connectivity index (χ2v) is 10.9. The van der Waals surface area contributed by atoms with Crippen LogP contribution in [-0.2, 0) is 0 Å². The molecule has 0 unspecified atom stereocenters. The van der Waals surface area contributed by atoms with Crippen LogP contribution in [0, 0.1) is 0 Å². The van der Waals surface area contributed by atoms with Crippen molar-refractivity contribution in [3.8, 4) is 11.5 Å². The van der Waals surface area contributed by atoms with Crippen LogP contribution in [0.3, 0.4) is 0 Å². The molecule has 9 rings (SSSR count). The van der Waals surface area contributed by atoms with Gasteiger partial charge in [0.05, 0.1) is 27.8 Å². The molecule has 0 saturated carbocycles. The lowest BCUT2D eigenvalue weighted by atomic mass is 10.0. The first-order valence-electron chi connectivity index (χ1n) is 14.0. The van der Waals surface area contributed by atoms with E-state index in [1.165, 1.54) is 60.1 Å². The van der Waals surface area contributed by atoms with Gasteiger partial charge in [0.1, 0.15) is 5.82 Å². The van der Waals surface area contributed by atoms with Crippen LogP contribution in [0.4, 0.5) is 0 Å². The molecule has 0 N–H and O–H groups in total. The molecule has 5 aromatic carbocycles. The quantitative estimate of drug-likeness (QED) is 0.226. The molecule has 0 fully saturated rings. The van der Waals surface area contributed by atoms with Gasteiger partial charge in [-0.3, -0.25) is 4.57 Å². The van der Waals surface area contributed by atoms with Gasteiger partial charge >= 0.3 is 0 Å². The SMILES string of the molecule is C=CC1=C(C)c2nc(-n3c4ccccc4c4cc(-n5c6ccccc6c6ccccc65)ccc43)cc3cccc1c23. The number of fused-ring (bicyclic) bond motifs is 6. The fraction of sp³-hybridized carbons (Fsp3) is 0.0263. The van der Waals surface area contributed by atoms with Crippen molar-refractivity contribution in [3.05, 3.63) is 139 Å². The molecular formula is C38H25N3. The topological polar surface area (TPSA) is 22.8 Å². The van der Waals surface area contributed by atoms with Crippen molar-refractivity contribution < 1.29 is 0 Å². The smallest absolute Gasteiger partial charge is 0.138 e. The van der Waals surface area contributed by atoms with Gasteiger partial charge in [-0.2, -0.15) is 0 Å². The summed E-state index contributed by atoms with van der Waals surface area (Å²) in [4.78, 5) is 5.30. The second-order valence-electron chi connectivity index (χ2n) is 10.9. The lowest BCUT2D eigenvalue weighted by molar-refractivity contribution is 1.08. The van der Waals surface area contributed by atoms with E-state index in [9.17, 15) is 0 Å². The first-order chi connectivity index (χ1) is 20.2. The zero-order valence-electron chi connectivity index (χ0n) is 22.6. The van der Waals surface area contributed by atoms with Crippen molar-refractivity contribution in [2.45, 2.75) is 6.92 Å². The Kier molecular flexibility index (Phi) is 4.41. The predicted octanol–water partition coefficient (Wildman–Crippen LogP) is 9.86. The molecule has 3 nitrogen and oxygen atoms in total. The largest absolute Gasteiger partial charge is 0.309 e. The molecule has 0 atom stereocenters. The molecule has 0 radical (unpaired) electrons. The Morgan fingerprint density at radius 1 is 0.610 bits per heavy atom. The molecule has 3 heterocycles. The highest BCUT2D eigenvalue weighted by molar-refractivity contribution is 6.16. The average molecular weight is 524 g/mol. The molecule has 3 heteroatoms. The lowest BCUT2D eigenvalue weighted by Gasteiger charge is -2.12. The maximum absolute atomic E-state index is 5.30. The van der Waals surface area contributed by atoms with Crippen molar-refractivity contribution in [2.24, 2.45) is 0 Å². The number of hydrogen-bond acceptors (Lipinski definition) is 1. The Hall–Kier alpha value is -5.41. The summed E-state index contributed by atoms with van der Waals surface area (Å²) in [6.07, 6.45) is 1.96. The number of pyridine rings is 1. The number of para-hydroxylation sites is 3. The first-order valence-corrected chi connectivity index (χ1v) is 14.0. The summed E-state index contributed by atoms with van der Waals surface area (Å²) in [6, 6.07) is 41.6. The number of benzene rings is 5. The van der Waals surface area contributed by atoms with Crippen molar-refractivity contribution in [1.82, 2.24) is 14.1 Å². The molecule has 0 bridgehead atoms. The molecule has 3 aromatic heterocycles. The van der Waals surface area contributed by atoms with E-state index in [1.54, 1.807) is 0 Å². The lowest BCUT2D eigenvalue weighted by Crippen LogP contribution is -2.00. The molecule has 192 valence electrons. The van der Waals surface area contributed by atoms with Crippen molar-refractivity contribution in [1.29, 1.82) is 0 Å². The van der Waals surface area contributed by atoms with Gasteiger partial charge in [-0.1, -0.05) is 85.5 Å². The normalized spacial score (nSPS) is 13.0.